The van der Waals surface area contributed by atoms with Gasteiger partial charge in [-0.25, -0.2) is 4.39 Å². The maximum absolute atomic E-state index is 13.3. The van der Waals surface area contributed by atoms with Crippen molar-refractivity contribution in [2.24, 2.45) is 0 Å². The van der Waals surface area contributed by atoms with E-state index < -0.39 is 0 Å². The third kappa shape index (κ3) is 3.52. The number of aromatic nitrogens is 3. The fourth-order valence-electron chi connectivity index (χ4n) is 2.64. The van der Waals surface area contributed by atoms with Crippen molar-refractivity contribution in [2.75, 3.05) is 0 Å². The van der Waals surface area contributed by atoms with Gasteiger partial charge in [0.1, 0.15) is 27.9 Å². The fourth-order valence-corrected chi connectivity index (χ4v) is 2.84. The molecule has 0 spiro atoms. The SMILES string of the molecule is Cc1onc(-c2ccccc2)c1-c1nnc(/C(Cl)=C/c2cccc(F)c2)o1. The summed E-state index contributed by atoms with van der Waals surface area (Å²) in [6.45, 7) is 1.77. The minimum Gasteiger partial charge on any atom is -0.415 e. The van der Waals surface area contributed by atoms with Gasteiger partial charge in [0.05, 0.1) is 0 Å². The number of hydrogen-bond acceptors (Lipinski definition) is 5. The molecule has 0 bridgehead atoms. The summed E-state index contributed by atoms with van der Waals surface area (Å²) in [6, 6.07) is 15.6. The Labute approximate surface area is 159 Å². The molecule has 0 fully saturated rings. The third-order valence-corrected chi connectivity index (χ3v) is 4.17. The van der Waals surface area contributed by atoms with Crippen molar-refractivity contribution < 1.29 is 13.3 Å². The molecule has 2 aromatic carbocycles. The Morgan fingerprint density at radius 2 is 1.89 bits per heavy atom. The lowest BCUT2D eigenvalue weighted by molar-refractivity contribution is 0.399. The van der Waals surface area contributed by atoms with E-state index in [1.807, 2.05) is 30.3 Å². The monoisotopic (exact) mass is 381 g/mol. The normalized spacial score (nSPS) is 11.7. The summed E-state index contributed by atoms with van der Waals surface area (Å²) >= 11 is 6.27. The second-order valence-electron chi connectivity index (χ2n) is 5.79. The fraction of sp³-hybridized carbons (Fsp3) is 0.0500. The van der Waals surface area contributed by atoms with Gasteiger partial charge in [0.15, 0.2) is 0 Å². The molecule has 0 amide bonds. The summed E-state index contributed by atoms with van der Waals surface area (Å²) < 4.78 is 24.4. The summed E-state index contributed by atoms with van der Waals surface area (Å²) in [5, 5.41) is 12.4. The lowest BCUT2D eigenvalue weighted by atomic mass is 10.1. The van der Waals surface area contributed by atoms with Crippen LogP contribution in [0.2, 0.25) is 0 Å². The van der Waals surface area contributed by atoms with Crippen LogP contribution < -0.4 is 0 Å². The quantitative estimate of drug-likeness (QED) is 0.462. The molecule has 0 saturated carbocycles. The van der Waals surface area contributed by atoms with Gasteiger partial charge < -0.3 is 8.94 Å². The van der Waals surface area contributed by atoms with Gasteiger partial charge in [0.2, 0.25) is 0 Å². The number of aryl methyl sites for hydroxylation is 1. The molecule has 0 saturated heterocycles. The van der Waals surface area contributed by atoms with Crippen LogP contribution in [0.3, 0.4) is 0 Å². The standard InChI is InChI=1S/C20H13ClFN3O2/c1-12-17(18(25-27-12)14-7-3-2-4-8-14)20-24-23-19(26-20)16(21)11-13-6-5-9-15(22)10-13/h2-11H,1H3/b16-11-. The molecular formula is C20H13ClFN3O2. The highest BCUT2D eigenvalue weighted by Gasteiger charge is 2.22. The molecule has 0 radical (unpaired) electrons. The first-order chi connectivity index (χ1) is 13.1. The van der Waals surface area contributed by atoms with E-state index in [1.165, 1.54) is 12.1 Å². The summed E-state index contributed by atoms with van der Waals surface area (Å²) in [7, 11) is 0. The summed E-state index contributed by atoms with van der Waals surface area (Å²) in [5.74, 6) is 0.560. The molecule has 0 aliphatic carbocycles. The number of halogens is 2. The highest BCUT2D eigenvalue weighted by molar-refractivity contribution is 6.50. The molecular weight excluding hydrogens is 369 g/mol. The Morgan fingerprint density at radius 3 is 2.67 bits per heavy atom. The van der Waals surface area contributed by atoms with E-state index in [0.717, 1.165) is 5.56 Å². The minimum atomic E-state index is -0.355. The van der Waals surface area contributed by atoms with Crippen LogP contribution in [0.5, 0.6) is 0 Å². The molecule has 0 unspecified atom stereocenters. The van der Waals surface area contributed by atoms with E-state index in [0.29, 0.717) is 22.6 Å². The van der Waals surface area contributed by atoms with Crippen molar-refractivity contribution in [1.29, 1.82) is 0 Å². The largest absolute Gasteiger partial charge is 0.415 e. The lowest BCUT2D eigenvalue weighted by Crippen LogP contribution is -1.84. The van der Waals surface area contributed by atoms with Gasteiger partial charge in [-0.2, -0.15) is 0 Å². The summed E-state index contributed by atoms with van der Waals surface area (Å²) in [6.07, 6.45) is 1.56. The molecule has 0 aliphatic heterocycles. The van der Waals surface area contributed by atoms with Crippen molar-refractivity contribution >= 4 is 22.7 Å². The Bertz CT molecular complexity index is 1120. The molecule has 2 aromatic heterocycles. The molecule has 0 N–H and O–H groups in total. The number of hydrogen-bond donors (Lipinski definition) is 0. The number of rotatable bonds is 4. The highest BCUT2D eigenvalue weighted by Crippen LogP contribution is 2.34. The van der Waals surface area contributed by atoms with Crippen molar-refractivity contribution in [1.82, 2.24) is 15.4 Å². The highest BCUT2D eigenvalue weighted by atomic mass is 35.5. The smallest absolute Gasteiger partial charge is 0.259 e. The van der Waals surface area contributed by atoms with Crippen molar-refractivity contribution in [3.05, 3.63) is 77.6 Å². The third-order valence-electron chi connectivity index (χ3n) is 3.90. The number of nitrogens with zero attached hydrogens (tertiary/aromatic N) is 3. The van der Waals surface area contributed by atoms with E-state index in [1.54, 1.807) is 25.1 Å². The van der Waals surface area contributed by atoms with E-state index in [-0.39, 0.29) is 22.6 Å². The number of benzene rings is 2. The maximum atomic E-state index is 13.3. The van der Waals surface area contributed by atoms with Crippen LogP contribution in [0, 0.1) is 12.7 Å². The molecule has 4 aromatic rings. The van der Waals surface area contributed by atoms with Gasteiger partial charge in [0.25, 0.3) is 11.8 Å². The van der Waals surface area contributed by atoms with Crippen molar-refractivity contribution in [2.45, 2.75) is 6.92 Å². The first kappa shape index (κ1) is 17.2. The average Bonchev–Trinajstić information content (AvgIpc) is 3.29. The van der Waals surface area contributed by atoms with E-state index in [2.05, 4.69) is 15.4 Å². The maximum Gasteiger partial charge on any atom is 0.259 e. The van der Waals surface area contributed by atoms with Gasteiger partial charge >= 0.3 is 0 Å². The summed E-state index contributed by atoms with van der Waals surface area (Å²) in [4.78, 5) is 0. The Hall–Kier alpha value is -3.25. The topological polar surface area (TPSA) is 65.0 Å². The van der Waals surface area contributed by atoms with Gasteiger partial charge in [-0.1, -0.05) is 59.2 Å². The predicted octanol–water partition coefficient (Wildman–Crippen LogP) is 5.58. The van der Waals surface area contributed by atoms with Crippen LogP contribution in [0.15, 0.2) is 63.5 Å². The second kappa shape index (κ2) is 7.17. The van der Waals surface area contributed by atoms with Crippen LogP contribution >= 0.6 is 11.6 Å². The molecule has 0 atom stereocenters. The zero-order valence-electron chi connectivity index (χ0n) is 14.2. The van der Waals surface area contributed by atoms with Crippen LogP contribution in [0.25, 0.3) is 33.8 Å². The first-order valence-electron chi connectivity index (χ1n) is 8.10. The van der Waals surface area contributed by atoms with Crippen LogP contribution in [0.4, 0.5) is 4.39 Å². The van der Waals surface area contributed by atoms with Gasteiger partial charge in [-0.15, -0.1) is 10.2 Å². The van der Waals surface area contributed by atoms with Crippen LogP contribution in [0.1, 0.15) is 17.2 Å². The van der Waals surface area contributed by atoms with Crippen LogP contribution in [-0.4, -0.2) is 15.4 Å². The molecule has 5 nitrogen and oxygen atoms in total. The second-order valence-corrected chi connectivity index (χ2v) is 6.20. The lowest BCUT2D eigenvalue weighted by Gasteiger charge is -1.98. The molecule has 134 valence electrons. The van der Waals surface area contributed by atoms with Crippen molar-refractivity contribution in [3.8, 4) is 22.7 Å². The average molecular weight is 382 g/mol. The zero-order valence-corrected chi connectivity index (χ0v) is 14.9. The molecule has 0 aliphatic rings. The Balaban J connectivity index is 1.71. The minimum absolute atomic E-state index is 0.121. The van der Waals surface area contributed by atoms with Gasteiger partial charge in [0, 0.05) is 5.56 Å². The zero-order chi connectivity index (χ0) is 18.8. The molecule has 7 heteroatoms. The first-order valence-corrected chi connectivity index (χ1v) is 8.48. The molecule has 27 heavy (non-hydrogen) atoms. The molecule has 4 rings (SSSR count). The predicted molar refractivity (Wildman–Crippen MR) is 100 cm³/mol. The van der Waals surface area contributed by atoms with Gasteiger partial charge in [-0.3, -0.25) is 0 Å². The van der Waals surface area contributed by atoms with Crippen LogP contribution in [-0.2, 0) is 0 Å². The van der Waals surface area contributed by atoms with E-state index >= 15 is 0 Å². The Kier molecular flexibility index (Phi) is 4.56. The molecule has 2 heterocycles. The Morgan fingerprint density at radius 1 is 1.07 bits per heavy atom. The van der Waals surface area contributed by atoms with Crippen molar-refractivity contribution in [3.63, 3.8) is 0 Å². The van der Waals surface area contributed by atoms with Gasteiger partial charge in [-0.05, 0) is 30.7 Å². The van der Waals surface area contributed by atoms with E-state index in [9.17, 15) is 4.39 Å². The summed E-state index contributed by atoms with van der Waals surface area (Å²) in [5.41, 5.74) is 2.67. The van der Waals surface area contributed by atoms with E-state index in [4.69, 9.17) is 20.5 Å².